The summed E-state index contributed by atoms with van der Waals surface area (Å²) < 4.78 is 25.6. The molecule has 0 radical (unpaired) electrons. The van der Waals surface area contributed by atoms with Crippen LogP contribution in [-0.2, 0) is 11.2 Å². The van der Waals surface area contributed by atoms with Crippen molar-refractivity contribution < 1.29 is 18.7 Å². The van der Waals surface area contributed by atoms with Crippen LogP contribution in [0.1, 0.15) is 19.4 Å². The lowest BCUT2D eigenvalue weighted by atomic mass is 10.0. The first kappa shape index (κ1) is 14.6. The number of hydrogen-bond acceptors (Lipinski definition) is 2. The van der Waals surface area contributed by atoms with E-state index in [1.807, 2.05) is 13.8 Å². The lowest BCUT2D eigenvalue weighted by Gasteiger charge is -2.19. The Morgan fingerprint density at radius 3 is 2.50 bits per heavy atom. The standard InChI is InChI=1S/C13H17F2NO2/c1-8(2)12(7-17)16-13(18)6-9-3-4-10(14)11(15)5-9/h3-5,8,12,17H,6-7H2,1-2H3,(H,16,18). The second-order valence-corrected chi connectivity index (χ2v) is 4.53. The Labute approximate surface area is 105 Å². The van der Waals surface area contributed by atoms with Gasteiger partial charge < -0.3 is 10.4 Å². The van der Waals surface area contributed by atoms with Gasteiger partial charge >= 0.3 is 0 Å². The molecule has 3 nitrogen and oxygen atoms in total. The summed E-state index contributed by atoms with van der Waals surface area (Å²) >= 11 is 0. The minimum absolute atomic E-state index is 0.0413. The third-order valence-electron chi connectivity index (χ3n) is 2.70. The molecule has 0 bridgehead atoms. The molecule has 2 N–H and O–H groups in total. The highest BCUT2D eigenvalue weighted by atomic mass is 19.2. The Morgan fingerprint density at radius 2 is 2.00 bits per heavy atom. The predicted octanol–water partition coefficient (Wildman–Crippen LogP) is 1.64. The molecule has 0 saturated carbocycles. The fraction of sp³-hybridized carbons (Fsp3) is 0.462. The van der Waals surface area contributed by atoms with E-state index in [-0.39, 0.29) is 30.9 Å². The molecule has 18 heavy (non-hydrogen) atoms. The van der Waals surface area contributed by atoms with Crippen LogP contribution >= 0.6 is 0 Å². The van der Waals surface area contributed by atoms with Crippen LogP contribution in [0, 0.1) is 17.6 Å². The maximum Gasteiger partial charge on any atom is 0.224 e. The van der Waals surface area contributed by atoms with Gasteiger partial charge in [0.2, 0.25) is 5.91 Å². The van der Waals surface area contributed by atoms with Gasteiger partial charge in [-0.15, -0.1) is 0 Å². The summed E-state index contributed by atoms with van der Waals surface area (Å²) in [5.41, 5.74) is 0.395. The minimum atomic E-state index is -0.970. The second-order valence-electron chi connectivity index (χ2n) is 4.53. The van der Waals surface area contributed by atoms with Gasteiger partial charge in [0.05, 0.1) is 19.1 Å². The number of carbonyl (C=O) groups excluding carboxylic acids is 1. The van der Waals surface area contributed by atoms with Gasteiger partial charge in [0.1, 0.15) is 0 Å². The zero-order valence-corrected chi connectivity index (χ0v) is 10.4. The number of nitrogens with one attached hydrogen (secondary N) is 1. The smallest absolute Gasteiger partial charge is 0.224 e. The number of halogens is 2. The summed E-state index contributed by atoms with van der Waals surface area (Å²) in [4.78, 5) is 11.6. The normalized spacial score (nSPS) is 12.6. The van der Waals surface area contributed by atoms with Crippen molar-refractivity contribution >= 4 is 5.91 Å². The number of aliphatic hydroxyl groups excluding tert-OH is 1. The zero-order valence-electron chi connectivity index (χ0n) is 10.4. The highest BCUT2D eigenvalue weighted by Gasteiger charge is 2.15. The molecule has 5 heteroatoms. The number of hydrogen-bond donors (Lipinski definition) is 2. The Morgan fingerprint density at radius 1 is 1.33 bits per heavy atom. The molecule has 0 aromatic heterocycles. The van der Waals surface area contributed by atoms with Gasteiger partial charge in [-0.05, 0) is 23.6 Å². The number of aliphatic hydroxyl groups is 1. The van der Waals surface area contributed by atoms with E-state index in [4.69, 9.17) is 5.11 Å². The van der Waals surface area contributed by atoms with Crippen molar-refractivity contribution in [1.82, 2.24) is 5.32 Å². The molecule has 0 aliphatic heterocycles. The highest BCUT2D eigenvalue weighted by Crippen LogP contribution is 2.09. The van der Waals surface area contributed by atoms with E-state index in [0.29, 0.717) is 5.56 Å². The van der Waals surface area contributed by atoms with E-state index >= 15 is 0 Å². The molecule has 1 unspecified atom stereocenters. The number of carbonyl (C=O) groups is 1. The van der Waals surface area contributed by atoms with Gasteiger partial charge in [-0.1, -0.05) is 19.9 Å². The molecule has 0 spiro atoms. The predicted molar refractivity (Wildman–Crippen MR) is 63.9 cm³/mol. The van der Waals surface area contributed by atoms with Gasteiger partial charge in [-0.2, -0.15) is 0 Å². The molecular formula is C13H17F2NO2. The maximum absolute atomic E-state index is 12.9. The van der Waals surface area contributed by atoms with E-state index in [1.165, 1.54) is 6.07 Å². The number of rotatable bonds is 5. The van der Waals surface area contributed by atoms with Crippen LogP contribution in [0.15, 0.2) is 18.2 Å². The van der Waals surface area contributed by atoms with Crippen LogP contribution in [0.2, 0.25) is 0 Å². The second kappa shape index (κ2) is 6.44. The molecule has 1 rings (SSSR count). The van der Waals surface area contributed by atoms with E-state index in [0.717, 1.165) is 12.1 Å². The van der Waals surface area contributed by atoms with Gasteiger partial charge in [-0.25, -0.2) is 8.78 Å². The van der Waals surface area contributed by atoms with Crippen molar-refractivity contribution in [2.24, 2.45) is 5.92 Å². The van der Waals surface area contributed by atoms with E-state index < -0.39 is 11.6 Å². The lowest BCUT2D eigenvalue weighted by Crippen LogP contribution is -2.41. The van der Waals surface area contributed by atoms with E-state index in [2.05, 4.69) is 5.32 Å². The third-order valence-corrected chi connectivity index (χ3v) is 2.70. The number of amides is 1. The first-order chi connectivity index (χ1) is 8.43. The van der Waals surface area contributed by atoms with Crippen LogP contribution in [-0.4, -0.2) is 23.7 Å². The fourth-order valence-electron chi connectivity index (χ4n) is 1.52. The van der Waals surface area contributed by atoms with E-state index in [1.54, 1.807) is 0 Å². The van der Waals surface area contributed by atoms with Gasteiger partial charge in [0.25, 0.3) is 0 Å². The Bertz CT molecular complexity index is 421. The highest BCUT2D eigenvalue weighted by molar-refractivity contribution is 5.78. The van der Waals surface area contributed by atoms with Crippen molar-refractivity contribution in [3.8, 4) is 0 Å². The molecule has 100 valence electrons. The van der Waals surface area contributed by atoms with Crippen molar-refractivity contribution in [3.05, 3.63) is 35.4 Å². The molecule has 1 amide bonds. The van der Waals surface area contributed by atoms with Crippen molar-refractivity contribution in [2.45, 2.75) is 26.3 Å². The molecule has 0 aliphatic carbocycles. The third kappa shape index (κ3) is 4.07. The summed E-state index contributed by atoms with van der Waals surface area (Å²) in [7, 11) is 0. The molecule has 1 aromatic rings. The van der Waals surface area contributed by atoms with Gasteiger partial charge in [-0.3, -0.25) is 4.79 Å². The Kier molecular flexibility index (Phi) is 5.22. The Balaban J connectivity index is 2.61. The first-order valence-electron chi connectivity index (χ1n) is 5.78. The maximum atomic E-state index is 12.9. The molecule has 1 atom stereocenters. The van der Waals surface area contributed by atoms with Crippen molar-refractivity contribution in [2.75, 3.05) is 6.61 Å². The summed E-state index contributed by atoms with van der Waals surface area (Å²) in [6.07, 6.45) is -0.0413. The first-order valence-corrected chi connectivity index (χ1v) is 5.78. The largest absolute Gasteiger partial charge is 0.394 e. The van der Waals surface area contributed by atoms with E-state index in [9.17, 15) is 13.6 Å². The molecule has 0 heterocycles. The average molecular weight is 257 g/mol. The lowest BCUT2D eigenvalue weighted by molar-refractivity contribution is -0.121. The zero-order chi connectivity index (χ0) is 13.7. The van der Waals surface area contributed by atoms with Crippen LogP contribution in [0.3, 0.4) is 0 Å². The summed E-state index contributed by atoms with van der Waals surface area (Å²) in [6, 6.07) is 3.02. The SMILES string of the molecule is CC(C)C(CO)NC(=O)Cc1ccc(F)c(F)c1. The quantitative estimate of drug-likeness (QED) is 0.842. The number of benzene rings is 1. The molecular weight excluding hydrogens is 240 g/mol. The van der Waals surface area contributed by atoms with Gasteiger partial charge in [0, 0.05) is 0 Å². The molecule has 0 fully saturated rings. The van der Waals surface area contributed by atoms with Crippen molar-refractivity contribution in [1.29, 1.82) is 0 Å². The van der Waals surface area contributed by atoms with Crippen LogP contribution in [0.5, 0.6) is 0 Å². The molecule has 0 aliphatic rings. The molecule has 1 aromatic carbocycles. The van der Waals surface area contributed by atoms with Crippen LogP contribution in [0.4, 0.5) is 8.78 Å². The average Bonchev–Trinajstić information content (AvgIpc) is 2.30. The van der Waals surface area contributed by atoms with Gasteiger partial charge in [0.15, 0.2) is 11.6 Å². The van der Waals surface area contributed by atoms with Crippen LogP contribution in [0.25, 0.3) is 0 Å². The molecule has 0 saturated heterocycles. The summed E-state index contributed by atoms with van der Waals surface area (Å²) in [5.74, 6) is -2.13. The summed E-state index contributed by atoms with van der Waals surface area (Å²) in [6.45, 7) is 3.60. The Hall–Kier alpha value is -1.49. The summed E-state index contributed by atoms with van der Waals surface area (Å²) in [5, 5.41) is 11.7. The minimum Gasteiger partial charge on any atom is -0.394 e. The topological polar surface area (TPSA) is 49.3 Å². The van der Waals surface area contributed by atoms with Crippen LogP contribution < -0.4 is 5.32 Å². The fourth-order valence-corrected chi connectivity index (χ4v) is 1.52. The van der Waals surface area contributed by atoms with Crippen molar-refractivity contribution in [3.63, 3.8) is 0 Å². The monoisotopic (exact) mass is 257 g/mol.